The molecule has 444 valence electrons. The maximum atomic E-state index is 13.8. The Kier molecular flexibility index (Phi) is 32.9. The summed E-state index contributed by atoms with van der Waals surface area (Å²) in [6, 6.07) is -2.49. The normalized spacial score (nSPS) is 17.9. The Balaban J connectivity index is 1.39. The molecule has 3 rings (SSSR count). The molecule has 1 aromatic heterocycles. The van der Waals surface area contributed by atoms with E-state index in [1.54, 1.807) is 0 Å². The minimum Gasteiger partial charge on any atom is -0.481 e. The summed E-state index contributed by atoms with van der Waals surface area (Å²) in [5.74, 6) is -1.27. The molecule has 2 aliphatic carbocycles. The van der Waals surface area contributed by atoms with Crippen molar-refractivity contribution in [3.8, 4) is 0 Å². The van der Waals surface area contributed by atoms with Crippen LogP contribution in [-0.2, 0) is 75.9 Å². The van der Waals surface area contributed by atoms with E-state index in [9.17, 15) is 33.4 Å². The number of amides is 3. The van der Waals surface area contributed by atoms with E-state index in [0.29, 0.717) is 94.0 Å². The third-order valence-corrected chi connectivity index (χ3v) is 15.2. The van der Waals surface area contributed by atoms with Crippen LogP contribution < -0.4 is 16.0 Å². The Hall–Kier alpha value is -3.56. The van der Waals surface area contributed by atoms with Crippen LogP contribution in [-0.4, -0.2) is 165 Å². The van der Waals surface area contributed by atoms with E-state index in [4.69, 9.17) is 33.1 Å². The lowest BCUT2D eigenvalue weighted by molar-refractivity contribution is -0.870. The van der Waals surface area contributed by atoms with Gasteiger partial charge >= 0.3 is 19.8 Å². The number of fused-ring (bicyclic) bond motifs is 2. The van der Waals surface area contributed by atoms with Gasteiger partial charge in [0.15, 0.2) is 0 Å². The summed E-state index contributed by atoms with van der Waals surface area (Å²) in [5.41, 5.74) is 1.69. The second-order valence-corrected chi connectivity index (χ2v) is 24.5. The van der Waals surface area contributed by atoms with Gasteiger partial charge in [-0.15, -0.1) is 5.10 Å². The molecule has 0 aromatic carbocycles. The molecule has 0 aliphatic heterocycles. The van der Waals surface area contributed by atoms with E-state index in [1.807, 2.05) is 46.6 Å². The molecule has 1 aromatic rings. The molecule has 1 saturated carbocycles. The van der Waals surface area contributed by atoms with E-state index in [-0.39, 0.29) is 51.6 Å². The number of aliphatic carboxylic acids is 1. The SMILES string of the molecule is CCCCCCCCCCCCCCCC(=O)NC(COP(=O)(O)OCC[N+](C)(C)C)C(=O)NC(CCCCCC(=O)O)C(=O)NCCOCCOCCOCCn1nnc2c1CCC1C(CC2)C1COC(=O)C(C)(C)C. The van der Waals surface area contributed by atoms with Crippen LogP contribution in [0.5, 0.6) is 0 Å². The number of carboxylic acid groups (broad SMARTS) is 1. The zero-order chi connectivity index (χ0) is 56.5. The molecule has 0 saturated heterocycles. The molecule has 6 unspecified atom stereocenters. The highest BCUT2D eigenvalue weighted by atomic mass is 31.2. The lowest BCUT2D eigenvalue weighted by Crippen LogP contribution is -2.55. The summed E-state index contributed by atoms with van der Waals surface area (Å²) < 4.78 is 48.5. The molecule has 21 nitrogen and oxygen atoms in total. The number of esters is 1. The van der Waals surface area contributed by atoms with Crippen molar-refractivity contribution in [3.63, 3.8) is 0 Å². The molecular weight excluding hydrogens is 1010 g/mol. The standard InChI is InChI=1S/C55H100N7O14P/c1-8-9-10-11-12-13-14-15-16-17-18-19-22-25-50(63)57-48(42-76-77(69,70)75-36-33-62(5,6)7)53(67)58-47(24-21-20-23-26-51(64)65)52(66)56-31-34-71-37-39-73-40-38-72-35-32-61-49-30-28-44-43(27-29-46(49)59-60-61)45(44)41-74-54(68)55(2,3)4/h43-45,47-48H,8-42H2,1-7H3,(H4-,56,57,58,63,64,65,66,67,69,70)/p+1. The fourth-order valence-electron chi connectivity index (χ4n) is 9.43. The summed E-state index contributed by atoms with van der Waals surface area (Å²) >= 11 is 0. The number of unbranched alkanes of at least 4 members (excludes halogenated alkanes) is 14. The van der Waals surface area contributed by atoms with E-state index in [0.717, 1.165) is 62.8 Å². The van der Waals surface area contributed by atoms with Crippen LogP contribution in [0.2, 0.25) is 0 Å². The number of carbonyl (C=O) groups is 5. The molecule has 0 bridgehead atoms. The van der Waals surface area contributed by atoms with E-state index in [1.165, 1.54) is 51.4 Å². The second-order valence-electron chi connectivity index (χ2n) is 23.0. The van der Waals surface area contributed by atoms with E-state index in [2.05, 4.69) is 33.2 Å². The first-order valence-corrected chi connectivity index (χ1v) is 30.5. The molecule has 5 N–H and O–H groups in total. The molecule has 0 spiro atoms. The molecule has 1 fully saturated rings. The van der Waals surface area contributed by atoms with Crippen LogP contribution in [0.3, 0.4) is 0 Å². The van der Waals surface area contributed by atoms with Gasteiger partial charge < -0.3 is 49.4 Å². The highest BCUT2D eigenvalue weighted by Crippen LogP contribution is 2.53. The van der Waals surface area contributed by atoms with Gasteiger partial charge in [0.2, 0.25) is 17.7 Å². The van der Waals surface area contributed by atoms with Crippen LogP contribution in [0, 0.1) is 23.2 Å². The zero-order valence-electron chi connectivity index (χ0n) is 48.2. The molecule has 77 heavy (non-hydrogen) atoms. The smallest absolute Gasteiger partial charge is 0.472 e. The third kappa shape index (κ3) is 30.6. The number of hydrogen-bond acceptors (Lipinski definition) is 14. The van der Waals surface area contributed by atoms with Gasteiger partial charge in [-0.05, 0) is 83.5 Å². The van der Waals surface area contributed by atoms with Crippen molar-refractivity contribution >= 4 is 37.5 Å². The number of carbonyl (C=O) groups excluding carboxylic acids is 4. The number of nitrogens with one attached hydrogen (secondary N) is 3. The first-order chi connectivity index (χ1) is 36.7. The minimum absolute atomic E-state index is 0.0324. The quantitative estimate of drug-likeness (QED) is 0.0189. The Morgan fingerprint density at radius 2 is 1.29 bits per heavy atom. The molecule has 22 heteroatoms. The highest BCUT2D eigenvalue weighted by molar-refractivity contribution is 7.47. The number of carboxylic acids is 1. The van der Waals surface area contributed by atoms with Crippen LogP contribution in [0.4, 0.5) is 0 Å². The minimum atomic E-state index is -4.62. The highest BCUT2D eigenvalue weighted by Gasteiger charge is 2.50. The fraction of sp³-hybridized carbons (Fsp3) is 0.873. The number of aromatic nitrogens is 3. The maximum Gasteiger partial charge on any atom is 0.472 e. The lowest BCUT2D eigenvalue weighted by Gasteiger charge is -2.25. The van der Waals surface area contributed by atoms with Gasteiger partial charge in [-0.2, -0.15) is 0 Å². The molecule has 0 radical (unpaired) electrons. The average Bonchev–Trinajstić information content (AvgIpc) is 3.88. The van der Waals surface area contributed by atoms with Crippen molar-refractivity contribution < 1.29 is 71.0 Å². The Morgan fingerprint density at radius 1 is 0.714 bits per heavy atom. The van der Waals surface area contributed by atoms with Gasteiger partial charge in [-0.3, -0.25) is 33.0 Å². The zero-order valence-corrected chi connectivity index (χ0v) is 49.1. The fourth-order valence-corrected chi connectivity index (χ4v) is 10.2. The number of ether oxygens (including phenoxy) is 4. The van der Waals surface area contributed by atoms with Crippen molar-refractivity contribution in [1.82, 2.24) is 30.9 Å². The number of aryl methyl sites for hydroxylation is 1. The molecule has 6 atom stereocenters. The predicted octanol–water partition coefficient (Wildman–Crippen LogP) is 7.10. The summed E-state index contributed by atoms with van der Waals surface area (Å²) in [5, 5.41) is 26.1. The van der Waals surface area contributed by atoms with Gasteiger partial charge in [-0.25, -0.2) is 9.25 Å². The first kappa shape index (κ1) is 67.7. The van der Waals surface area contributed by atoms with Crippen LogP contribution in [0.25, 0.3) is 0 Å². The van der Waals surface area contributed by atoms with Crippen molar-refractivity contribution in [2.24, 2.45) is 23.2 Å². The molecule has 3 amide bonds. The van der Waals surface area contributed by atoms with E-state index >= 15 is 0 Å². The van der Waals surface area contributed by atoms with Gasteiger partial charge in [0, 0.05) is 19.4 Å². The summed E-state index contributed by atoms with van der Waals surface area (Å²) in [6.45, 7) is 10.6. The van der Waals surface area contributed by atoms with Crippen molar-refractivity contribution in [2.45, 2.75) is 194 Å². The van der Waals surface area contributed by atoms with Gasteiger partial charge in [-0.1, -0.05) is 102 Å². The largest absolute Gasteiger partial charge is 0.481 e. The van der Waals surface area contributed by atoms with Crippen molar-refractivity contribution in [1.29, 1.82) is 0 Å². The van der Waals surface area contributed by atoms with Crippen molar-refractivity contribution in [2.75, 3.05) is 93.7 Å². The number of quaternary nitrogens is 1. The molecular formula is C55H101N7O14P+. The predicted molar refractivity (Wildman–Crippen MR) is 293 cm³/mol. The summed E-state index contributed by atoms with van der Waals surface area (Å²) in [7, 11) is 1.06. The van der Waals surface area contributed by atoms with Gasteiger partial charge in [0.25, 0.3) is 0 Å². The molecule has 2 aliphatic rings. The maximum absolute atomic E-state index is 13.8. The van der Waals surface area contributed by atoms with Gasteiger partial charge in [0.05, 0.1) is 97.3 Å². The molecule has 1 heterocycles. The number of likely N-dealkylation sites (N-methyl/N-ethyl adjacent to an activating group) is 1. The monoisotopic (exact) mass is 1110 g/mol. The Labute approximate surface area is 460 Å². The number of hydrogen-bond donors (Lipinski definition) is 5. The summed E-state index contributed by atoms with van der Waals surface area (Å²) in [4.78, 5) is 74.4. The number of nitrogens with zero attached hydrogens (tertiary/aromatic N) is 4. The van der Waals surface area contributed by atoms with Crippen LogP contribution in [0.1, 0.15) is 174 Å². The van der Waals surface area contributed by atoms with Crippen LogP contribution >= 0.6 is 7.82 Å². The number of rotatable bonds is 45. The number of phosphoric ester groups is 1. The van der Waals surface area contributed by atoms with Crippen LogP contribution in [0.15, 0.2) is 0 Å². The average molecular weight is 1120 g/mol. The van der Waals surface area contributed by atoms with E-state index < -0.39 is 55.6 Å². The van der Waals surface area contributed by atoms with Crippen molar-refractivity contribution in [3.05, 3.63) is 11.4 Å². The number of phosphoric acid groups is 1. The first-order valence-electron chi connectivity index (χ1n) is 29.0. The second kappa shape index (κ2) is 37.4. The van der Waals surface area contributed by atoms with Gasteiger partial charge in [0.1, 0.15) is 25.2 Å². The third-order valence-electron chi connectivity index (χ3n) is 14.2. The summed E-state index contributed by atoms with van der Waals surface area (Å²) in [6.07, 6.45) is 20.3. The lowest BCUT2D eigenvalue weighted by atomic mass is 9.97. The topological polar surface area (TPSA) is 265 Å². The Bertz CT molecular complexity index is 1910. The Morgan fingerprint density at radius 3 is 1.90 bits per heavy atom.